The van der Waals surface area contributed by atoms with Crippen molar-refractivity contribution in [3.63, 3.8) is 0 Å². The van der Waals surface area contributed by atoms with Crippen molar-refractivity contribution in [2.24, 2.45) is 0 Å². The lowest BCUT2D eigenvalue weighted by molar-refractivity contribution is -0.115. The van der Waals surface area contributed by atoms with Crippen molar-refractivity contribution in [1.29, 1.82) is 0 Å². The lowest BCUT2D eigenvalue weighted by atomic mass is 10.1. The van der Waals surface area contributed by atoms with Crippen LogP contribution in [0, 0.1) is 13.8 Å². The van der Waals surface area contributed by atoms with Crippen LogP contribution in [0.1, 0.15) is 29.3 Å². The molecule has 1 amide bonds. The second kappa shape index (κ2) is 7.02. The third-order valence-corrected chi connectivity index (χ3v) is 5.87. The Balaban J connectivity index is 1.42. The summed E-state index contributed by atoms with van der Waals surface area (Å²) in [6.45, 7) is 6.24. The fourth-order valence-electron chi connectivity index (χ4n) is 4.09. The fraction of sp³-hybridized carbons (Fsp3) is 0.200. The largest absolute Gasteiger partial charge is 0.356 e. The van der Waals surface area contributed by atoms with Gasteiger partial charge >= 0.3 is 0 Å². The summed E-state index contributed by atoms with van der Waals surface area (Å²) >= 11 is 0. The van der Waals surface area contributed by atoms with Gasteiger partial charge in [-0.1, -0.05) is 36.3 Å². The average Bonchev–Trinajstić information content (AvgIpc) is 3.28. The number of fused-ring (bicyclic) bond motifs is 4. The van der Waals surface area contributed by atoms with Crippen LogP contribution in [0.15, 0.2) is 53.1 Å². The van der Waals surface area contributed by atoms with Crippen LogP contribution in [0.5, 0.6) is 0 Å². The number of hydrogen-bond donors (Lipinski definition) is 2. The zero-order valence-electron chi connectivity index (χ0n) is 17.3. The Morgan fingerprint density at radius 2 is 1.87 bits per heavy atom. The van der Waals surface area contributed by atoms with E-state index in [-0.39, 0.29) is 12.3 Å². The summed E-state index contributed by atoms with van der Waals surface area (Å²) in [6, 6.07) is 16.4. The van der Waals surface area contributed by atoms with Gasteiger partial charge in [0.1, 0.15) is 5.69 Å². The van der Waals surface area contributed by atoms with Crippen molar-refractivity contribution in [2.45, 2.75) is 33.6 Å². The number of aryl methyl sites for hydroxylation is 3. The van der Waals surface area contributed by atoms with Gasteiger partial charge in [0, 0.05) is 32.9 Å². The van der Waals surface area contributed by atoms with E-state index in [9.17, 15) is 4.79 Å². The lowest BCUT2D eigenvalue weighted by Gasteiger charge is -2.05. The number of benzene rings is 3. The van der Waals surface area contributed by atoms with Crippen LogP contribution in [0.25, 0.3) is 32.8 Å². The Labute approximate surface area is 174 Å². The highest BCUT2D eigenvalue weighted by atomic mass is 16.5. The molecule has 0 saturated carbocycles. The van der Waals surface area contributed by atoms with Gasteiger partial charge in [-0.2, -0.15) is 0 Å². The van der Waals surface area contributed by atoms with E-state index in [0.29, 0.717) is 11.3 Å². The third-order valence-electron chi connectivity index (χ3n) is 5.87. The van der Waals surface area contributed by atoms with Crippen LogP contribution in [0.3, 0.4) is 0 Å². The number of carbonyl (C=O) groups excluding carboxylic acids is 1. The number of H-pyrrole nitrogens is 1. The summed E-state index contributed by atoms with van der Waals surface area (Å²) in [5.74, 6) is -0.117. The van der Waals surface area contributed by atoms with E-state index in [1.54, 1.807) is 0 Å². The van der Waals surface area contributed by atoms with Gasteiger partial charge in [0.15, 0.2) is 5.58 Å². The van der Waals surface area contributed by atoms with Gasteiger partial charge in [0.25, 0.3) is 0 Å². The van der Waals surface area contributed by atoms with Crippen molar-refractivity contribution >= 4 is 44.4 Å². The monoisotopic (exact) mass is 397 g/mol. The molecule has 5 rings (SSSR count). The number of hydrogen-bond acceptors (Lipinski definition) is 3. The number of anilines is 1. The standard InChI is InChI=1S/C25H23N3O2/c1-4-16-6-5-7-19-18-9-8-17(12-21(18)27-25(16)19)26-24(29)13-22-20-10-14(2)15(3)11-23(20)30-28-22/h5-12,27H,4,13H2,1-3H3,(H,26,29). The minimum Gasteiger partial charge on any atom is -0.356 e. The van der Waals surface area contributed by atoms with E-state index in [1.165, 1.54) is 16.5 Å². The summed E-state index contributed by atoms with van der Waals surface area (Å²) in [4.78, 5) is 16.2. The maximum Gasteiger partial charge on any atom is 0.230 e. The fourth-order valence-corrected chi connectivity index (χ4v) is 4.09. The SMILES string of the molecule is CCc1cccc2c1[nH]c1cc(NC(=O)Cc3noc4cc(C)c(C)cc34)ccc12. The first-order chi connectivity index (χ1) is 14.5. The molecule has 5 heteroatoms. The van der Waals surface area contributed by atoms with Crippen LogP contribution in [0.2, 0.25) is 0 Å². The molecule has 5 aromatic rings. The number of amides is 1. The van der Waals surface area contributed by atoms with Crippen LogP contribution in [-0.2, 0) is 17.6 Å². The first-order valence-electron chi connectivity index (χ1n) is 10.2. The molecular weight excluding hydrogens is 374 g/mol. The maximum absolute atomic E-state index is 12.7. The maximum atomic E-state index is 12.7. The predicted octanol–water partition coefficient (Wildman–Crippen LogP) is 5.82. The molecule has 0 bridgehead atoms. The van der Waals surface area contributed by atoms with Crippen molar-refractivity contribution in [1.82, 2.24) is 10.1 Å². The molecule has 0 radical (unpaired) electrons. The van der Waals surface area contributed by atoms with Gasteiger partial charge in [0.05, 0.1) is 6.42 Å². The zero-order valence-corrected chi connectivity index (χ0v) is 17.3. The number of aromatic nitrogens is 2. The number of rotatable bonds is 4. The quantitative estimate of drug-likeness (QED) is 0.401. The van der Waals surface area contributed by atoms with E-state index in [4.69, 9.17) is 4.52 Å². The zero-order chi connectivity index (χ0) is 20.8. The molecular formula is C25H23N3O2. The smallest absolute Gasteiger partial charge is 0.230 e. The Kier molecular flexibility index (Phi) is 4.31. The summed E-state index contributed by atoms with van der Waals surface area (Å²) < 4.78 is 5.41. The van der Waals surface area contributed by atoms with Crippen LogP contribution >= 0.6 is 0 Å². The molecule has 0 aliphatic carbocycles. The first-order valence-corrected chi connectivity index (χ1v) is 10.2. The lowest BCUT2D eigenvalue weighted by Crippen LogP contribution is -2.14. The predicted molar refractivity (Wildman–Crippen MR) is 121 cm³/mol. The van der Waals surface area contributed by atoms with Gasteiger partial charge in [0.2, 0.25) is 5.91 Å². The molecule has 0 unspecified atom stereocenters. The van der Waals surface area contributed by atoms with Gasteiger partial charge < -0.3 is 14.8 Å². The minimum absolute atomic E-state index is 0.117. The molecule has 30 heavy (non-hydrogen) atoms. The van der Waals surface area contributed by atoms with E-state index in [0.717, 1.165) is 39.5 Å². The summed E-state index contributed by atoms with van der Waals surface area (Å²) in [7, 11) is 0. The summed E-state index contributed by atoms with van der Waals surface area (Å²) in [5.41, 5.74) is 7.90. The van der Waals surface area contributed by atoms with Crippen molar-refractivity contribution in [3.05, 3.63) is 70.9 Å². The van der Waals surface area contributed by atoms with Crippen LogP contribution < -0.4 is 5.32 Å². The van der Waals surface area contributed by atoms with Crippen molar-refractivity contribution in [3.8, 4) is 0 Å². The molecule has 150 valence electrons. The molecule has 2 heterocycles. The summed E-state index contributed by atoms with van der Waals surface area (Å²) in [6.07, 6.45) is 1.14. The number of aromatic amines is 1. The van der Waals surface area contributed by atoms with Crippen LogP contribution in [-0.4, -0.2) is 16.0 Å². The Hall–Kier alpha value is -3.60. The van der Waals surface area contributed by atoms with Gasteiger partial charge in [-0.05, 0) is 61.2 Å². The summed E-state index contributed by atoms with van der Waals surface area (Å²) in [5, 5.41) is 10.4. The second-order valence-electron chi connectivity index (χ2n) is 7.87. The molecule has 0 atom stereocenters. The Morgan fingerprint density at radius 1 is 1.03 bits per heavy atom. The highest BCUT2D eigenvalue weighted by Gasteiger charge is 2.14. The molecule has 0 fully saturated rings. The van der Waals surface area contributed by atoms with Gasteiger partial charge in [-0.25, -0.2) is 0 Å². The third kappa shape index (κ3) is 3.03. The van der Waals surface area contributed by atoms with Crippen molar-refractivity contribution < 1.29 is 9.32 Å². The number of nitrogens with one attached hydrogen (secondary N) is 2. The van der Waals surface area contributed by atoms with E-state index in [1.807, 2.05) is 38.1 Å². The highest BCUT2D eigenvalue weighted by Crippen LogP contribution is 2.30. The van der Waals surface area contributed by atoms with E-state index < -0.39 is 0 Å². The van der Waals surface area contributed by atoms with E-state index in [2.05, 4.69) is 46.6 Å². The number of carbonyl (C=O) groups is 1. The molecule has 2 aromatic heterocycles. The van der Waals surface area contributed by atoms with Crippen molar-refractivity contribution in [2.75, 3.05) is 5.32 Å². The molecule has 3 aromatic carbocycles. The molecule has 2 N–H and O–H groups in total. The second-order valence-corrected chi connectivity index (χ2v) is 7.87. The topological polar surface area (TPSA) is 70.9 Å². The molecule has 5 nitrogen and oxygen atoms in total. The Morgan fingerprint density at radius 3 is 2.70 bits per heavy atom. The van der Waals surface area contributed by atoms with Crippen LogP contribution in [0.4, 0.5) is 5.69 Å². The molecule has 0 aliphatic heterocycles. The Bertz CT molecular complexity index is 1430. The average molecular weight is 397 g/mol. The van der Waals surface area contributed by atoms with Gasteiger partial charge in [-0.3, -0.25) is 4.79 Å². The van der Waals surface area contributed by atoms with E-state index >= 15 is 0 Å². The first kappa shape index (κ1) is 18.4. The normalized spacial score (nSPS) is 11.6. The van der Waals surface area contributed by atoms with Gasteiger partial charge in [-0.15, -0.1) is 0 Å². The highest BCUT2D eigenvalue weighted by molar-refractivity contribution is 6.09. The molecule has 0 saturated heterocycles. The number of nitrogens with zero attached hydrogens (tertiary/aromatic N) is 1. The number of para-hydroxylation sites is 1. The molecule has 0 spiro atoms. The molecule has 0 aliphatic rings. The minimum atomic E-state index is -0.117.